The minimum absolute atomic E-state index is 0. The highest BCUT2D eigenvalue weighted by Crippen LogP contribution is 2.18. The fourth-order valence-corrected chi connectivity index (χ4v) is 3.12. The molecule has 7 nitrogen and oxygen atoms in total. The predicted molar refractivity (Wildman–Crippen MR) is 106 cm³/mol. The van der Waals surface area contributed by atoms with Gasteiger partial charge in [0.25, 0.3) is 0 Å². The Labute approximate surface area is 165 Å². The minimum Gasteiger partial charge on any atom is -0.346 e. The fraction of sp³-hybridized carbons (Fsp3) is 0.667. The zero-order chi connectivity index (χ0) is 16.8. The largest absolute Gasteiger partial charge is 0.346 e. The Morgan fingerprint density at radius 2 is 2.00 bits per heavy atom. The first-order chi connectivity index (χ1) is 11.0. The molecule has 0 unspecified atom stereocenters. The number of carbonyl (C=O) groups is 2. The smallest absolute Gasteiger partial charge is 0.242 e. The van der Waals surface area contributed by atoms with Crippen molar-refractivity contribution < 1.29 is 9.59 Å². The molecule has 10 heteroatoms. The Morgan fingerprint density at radius 1 is 1.28 bits per heavy atom. The zero-order valence-electron chi connectivity index (χ0n) is 14.5. The molecule has 0 bridgehead atoms. The number of nitrogens with zero attached hydrogens (tertiary/aromatic N) is 3. The Kier molecular flexibility index (Phi) is 11.0. The van der Waals surface area contributed by atoms with Crippen molar-refractivity contribution in [2.75, 3.05) is 37.6 Å². The van der Waals surface area contributed by atoms with Crippen LogP contribution in [-0.4, -0.2) is 60.5 Å². The molecule has 1 aromatic rings. The molecule has 0 spiro atoms. The van der Waals surface area contributed by atoms with Crippen molar-refractivity contribution >= 4 is 53.1 Å². The Hall–Kier alpha value is -1.09. The molecule has 1 aliphatic heterocycles. The lowest BCUT2D eigenvalue weighted by molar-refractivity contribution is -0.133. The Balaban J connectivity index is 0.00000288. The van der Waals surface area contributed by atoms with Gasteiger partial charge in [-0.2, -0.15) is 0 Å². The summed E-state index contributed by atoms with van der Waals surface area (Å²) in [4.78, 5) is 32.4. The summed E-state index contributed by atoms with van der Waals surface area (Å²) < 4.78 is 0. The van der Waals surface area contributed by atoms with Crippen molar-refractivity contribution in [3.05, 3.63) is 11.6 Å². The number of nitrogens with two attached hydrogens (primary N) is 1. The summed E-state index contributed by atoms with van der Waals surface area (Å²) in [5.41, 5.74) is 5.77. The molecule has 0 saturated carbocycles. The second-order valence-electron chi connectivity index (χ2n) is 6.02. The molecule has 2 rings (SSSR count). The third-order valence-electron chi connectivity index (χ3n) is 3.97. The van der Waals surface area contributed by atoms with Crippen LogP contribution < -0.4 is 16.0 Å². The van der Waals surface area contributed by atoms with Gasteiger partial charge in [-0.25, -0.2) is 4.98 Å². The molecule has 0 aromatic carbocycles. The van der Waals surface area contributed by atoms with Gasteiger partial charge in [0.2, 0.25) is 11.8 Å². The monoisotopic (exact) mass is 411 g/mol. The van der Waals surface area contributed by atoms with E-state index in [9.17, 15) is 9.59 Å². The molecule has 1 atom stereocenters. The topological polar surface area (TPSA) is 91.6 Å². The van der Waals surface area contributed by atoms with Crippen LogP contribution in [0.5, 0.6) is 0 Å². The molecular weight excluding hydrogens is 385 g/mol. The van der Waals surface area contributed by atoms with Crippen molar-refractivity contribution in [3.63, 3.8) is 0 Å². The summed E-state index contributed by atoms with van der Waals surface area (Å²) in [6, 6.07) is -0.577. The van der Waals surface area contributed by atoms with Gasteiger partial charge < -0.3 is 20.9 Å². The number of rotatable bonds is 5. The van der Waals surface area contributed by atoms with Crippen LogP contribution in [-0.2, 0) is 9.59 Å². The second kappa shape index (κ2) is 11.5. The molecule has 144 valence electrons. The van der Waals surface area contributed by atoms with E-state index in [1.54, 1.807) is 22.4 Å². The number of amides is 2. The number of hydrogen-bond acceptors (Lipinski definition) is 6. The molecule has 25 heavy (non-hydrogen) atoms. The molecule has 2 amide bonds. The van der Waals surface area contributed by atoms with Crippen molar-refractivity contribution in [3.8, 4) is 0 Å². The number of aromatic nitrogens is 1. The van der Waals surface area contributed by atoms with E-state index in [0.29, 0.717) is 13.1 Å². The van der Waals surface area contributed by atoms with E-state index in [4.69, 9.17) is 5.73 Å². The molecule has 1 fully saturated rings. The summed E-state index contributed by atoms with van der Waals surface area (Å²) in [5, 5.41) is 5.59. The van der Waals surface area contributed by atoms with Crippen LogP contribution in [0.1, 0.15) is 20.3 Å². The van der Waals surface area contributed by atoms with E-state index in [1.165, 1.54) is 0 Å². The van der Waals surface area contributed by atoms with Crippen molar-refractivity contribution in [2.24, 2.45) is 11.7 Å². The van der Waals surface area contributed by atoms with Gasteiger partial charge in [-0.15, -0.1) is 36.2 Å². The first-order valence-electron chi connectivity index (χ1n) is 7.94. The average molecular weight is 412 g/mol. The lowest BCUT2D eigenvalue weighted by Gasteiger charge is -2.22. The number of anilines is 1. The molecule has 0 aliphatic carbocycles. The lowest BCUT2D eigenvalue weighted by Crippen LogP contribution is -2.48. The Morgan fingerprint density at radius 3 is 2.60 bits per heavy atom. The number of thiazole rings is 1. The first-order valence-corrected chi connectivity index (χ1v) is 8.82. The molecular formula is C15H27Cl2N5O2S. The summed E-state index contributed by atoms with van der Waals surface area (Å²) in [7, 11) is 0. The van der Waals surface area contributed by atoms with E-state index < -0.39 is 6.04 Å². The highest BCUT2D eigenvalue weighted by molar-refractivity contribution is 7.13. The van der Waals surface area contributed by atoms with Gasteiger partial charge >= 0.3 is 0 Å². The number of hydrogen-bond donors (Lipinski definition) is 2. The van der Waals surface area contributed by atoms with Crippen LogP contribution in [0.4, 0.5) is 5.13 Å². The van der Waals surface area contributed by atoms with Crippen molar-refractivity contribution in [1.82, 2.24) is 15.2 Å². The van der Waals surface area contributed by atoms with Crippen LogP contribution in [0.3, 0.4) is 0 Å². The SMILES string of the molecule is CC(C)[C@H](N)C(=O)NCC(=O)N1CCCN(c2nccs2)CC1.Cl.Cl. The van der Waals surface area contributed by atoms with Gasteiger partial charge in [-0.05, 0) is 12.3 Å². The highest BCUT2D eigenvalue weighted by Gasteiger charge is 2.22. The molecule has 0 radical (unpaired) electrons. The van der Waals surface area contributed by atoms with Gasteiger partial charge in [-0.3, -0.25) is 9.59 Å². The average Bonchev–Trinajstić information content (AvgIpc) is 2.96. The molecule has 3 N–H and O–H groups in total. The number of halogens is 2. The van der Waals surface area contributed by atoms with E-state index in [2.05, 4.69) is 15.2 Å². The summed E-state index contributed by atoms with van der Waals surface area (Å²) >= 11 is 1.61. The van der Waals surface area contributed by atoms with Crippen LogP contribution in [0, 0.1) is 5.92 Å². The van der Waals surface area contributed by atoms with Crippen LogP contribution >= 0.6 is 36.2 Å². The molecule has 1 saturated heterocycles. The quantitative estimate of drug-likeness (QED) is 0.757. The van der Waals surface area contributed by atoms with Gasteiger partial charge in [0.1, 0.15) is 0 Å². The van der Waals surface area contributed by atoms with Crippen LogP contribution in [0.25, 0.3) is 0 Å². The maximum atomic E-state index is 12.3. The third-order valence-corrected chi connectivity index (χ3v) is 4.81. The predicted octanol–water partition coefficient (Wildman–Crippen LogP) is 1.12. The molecule has 2 heterocycles. The van der Waals surface area contributed by atoms with E-state index >= 15 is 0 Å². The van der Waals surface area contributed by atoms with Crippen molar-refractivity contribution in [2.45, 2.75) is 26.3 Å². The normalized spacial score (nSPS) is 15.7. The molecule has 1 aliphatic rings. The summed E-state index contributed by atoms with van der Waals surface area (Å²) in [6.45, 7) is 6.77. The van der Waals surface area contributed by atoms with Gasteiger partial charge in [-0.1, -0.05) is 13.8 Å². The van der Waals surface area contributed by atoms with Gasteiger partial charge in [0.15, 0.2) is 5.13 Å². The molecule has 1 aromatic heterocycles. The zero-order valence-corrected chi connectivity index (χ0v) is 17.0. The van der Waals surface area contributed by atoms with Gasteiger partial charge in [0.05, 0.1) is 12.6 Å². The Bertz CT molecular complexity index is 530. The van der Waals surface area contributed by atoms with Crippen LogP contribution in [0.2, 0.25) is 0 Å². The van der Waals surface area contributed by atoms with Crippen molar-refractivity contribution in [1.29, 1.82) is 0 Å². The maximum Gasteiger partial charge on any atom is 0.242 e. The minimum atomic E-state index is -0.577. The fourth-order valence-electron chi connectivity index (χ4n) is 2.43. The summed E-state index contributed by atoms with van der Waals surface area (Å²) in [5.74, 6) is -0.280. The third kappa shape index (κ3) is 6.97. The number of carbonyl (C=O) groups excluding carboxylic acids is 2. The summed E-state index contributed by atoms with van der Waals surface area (Å²) in [6.07, 6.45) is 2.69. The number of nitrogens with one attached hydrogen (secondary N) is 1. The van der Waals surface area contributed by atoms with E-state index in [-0.39, 0.29) is 49.1 Å². The van der Waals surface area contributed by atoms with Gasteiger partial charge in [0, 0.05) is 37.8 Å². The second-order valence-corrected chi connectivity index (χ2v) is 6.90. The maximum absolute atomic E-state index is 12.3. The first kappa shape index (κ1) is 23.9. The standard InChI is InChI=1S/C15H25N5O2S.2ClH/c1-11(2)13(16)14(22)18-10-12(21)19-5-3-6-20(8-7-19)15-17-4-9-23-15;;/h4,9,11,13H,3,5-8,10,16H2,1-2H3,(H,18,22);2*1H/t13-;;/m0../s1. The van der Waals surface area contributed by atoms with E-state index in [1.807, 2.05) is 19.2 Å². The lowest BCUT2D eigenvalue weighted by atomic mass is 10.1. The van der Waals surface area contributed by atoms with E-state index in [0.717, 1.165) is 24.6 Å². The van der Waals surface area contributed by atoms with Crippen LogP contribution in [0.15, 0.2) is 11.6 Å². The highest BCUT2D eigenvalue weighted by atomic mass is 35.5.